The van der Waals surface area contributed by atoms with E-state index in [9.17, 15) is 14.2 Å². The lowest BCUT2D eigenvalue weighted by Crippen LogP contribution is -2.24. The molecule has 0 saturated heterocycles. The average Bonchev–Trinajstić information content (AvgIpc) is 3.04. The third-order valence-electron chi connectivity index (χ3n) is 6.74. The number of esters is 2. The van der Waals surface area contributed by atoms with Crippen molar-refractivity contribution in [1.29, 1.82) is 0 Å². The van der Waals surface area contributed by atoms with Crippen LogP contribution in [-0.2, 0) is 58.7 Å². The number of carbonyl (C=O) groups excluding carboxylic acids is 2. The van der Waals surface area contributed by atoms with E-state index in [1.807, 2.05) is 122 Å². The maximum absolute atomic E-state index is 14.1. The van der Waals surface area contributed by atoms with E-state index < -0.39 is 25.5 Å². The molecule has 0 bridgehead atoms. The minimum Gasteiger partial charge on any atom is -0.461 e. The molecule has 0 heterocycles. The van der Waals surface area contributed by atoms with Crippen molar-refractivity contribution in [3.63, 3.8) is 0 Å². The minimum absolute atomic E-state index is 0.0328. The van der Waals surface area contributed by atoms with Gasteiger partial charge in [-0.25, -0.2) is 0 Å². The summed E-state index contributed by atoms with van der Waals surface area (Å²) in [7, 11) is -3.72. The van der Waals surface area contributed by atoms with Crippen LogP contribution in [0.25, 0.3) is 0 Å². The molecule has 0 aromatic heterocycles. The van der Waals surface area contributed by atoms with Crippen molar-refractivity contribution in [3.8, 4) is 0 Å². The smallest absolute Gasteiger partial charge is 0.335 e. The zero-order chi connectivity index (χ0) is 30.3. The Balaban J connectivity index is 1.43. The number of hydrogen-bond donors (Lipinski definition) is 0. The summed E-state index contributed by atoms with van der Waals surface area (Å²) in [6.07, 6.45) is 0.101. The first kappa shape index (κ1) is 31.9. The summed E-state index contributed by atoms with van der Waals surface area (Å²) in [5.74, 6) is -1.86. The van der Waals surface area contributed by atoms with Crippen LogP contribution in [0.15, 0.2) is 115 Å². The predicted molar refractivity (Wildman–Crippen MR) is 165 cm³/mol. The summed E-state index contributed by atoms with van der Waals surface area (Å²) in [5, 5.41) is 0. The Hall–Kier alpha value is -4.03. The SMILES string of the molecule is Cc1ccc(CP(=O)(OCc2ccccc2)OCC(CCC(=O)OCc2ccccc2)C(=O)OCc2ccccc2)cc1. The van der Waals surface area contributed by atoms with Gasteiger partial charge >= 0.3 is 19.5 Å². The standard InChI is InChI=1S/C35H37O7P/c1-28-17-19-32(20-18-28)27-43(38,41-25-31-15-9-4-10-16-31)42-26-33(35(37)40-24-30-13-7-3-8-14-30)21-22-34(36)39-23-29-11-5-2-6-12-29/h2-20,33H,21-27H2,1H3. The molecule has 0 spiro atoms. The molecule has 0 saturated carbocycles. The van der Waals surface area contributed by atoms with Crippen molar-refractivity contribution in [3.05, 3.63) is 143 Å². The van der Waals surface area contributed by atoms with Crippen molar-refractivity contribution >= 4 is 19.5 Å². The first-order valence-corrected chi connectivity index (χ1v) is 16.0. The second-order valence-corrected chi connectivity index (χ2v) is 12.3. The van der Waals surface area contributed by atoms with E-state index in [0.717, 1.165) is 27.8 Å². The summed E-state index contributed by atoms with van der Waals surface area (Å²) in [6, 6.07) is 35.7. The van der Waals surface area contributed by atoms with Crippen LogP contribution in [0.1, 0.15) is 40.7 Å². The van der Waals surface area contributed by atoms with Crippen LogP contribution < -0.4 is 0 Å². The van der Waals surface area contributed by atoms with E-state index in [1.54, 1.807) is 0 Å². The summed E-state index contributed by atoms with van der Waals surface area (Å²) in [6.45, 7) is 2.03. The van der Waals surface area contributed by atoms with Gasteiger partial charge in [-0.1, -0.05) is 121 Å². The fraction of sp³-hybridized carbons (Fsp3) is 0.257. The average molecular weight is 601 g/mol. The maximum atomic E-state index is 14.1. The summed E-state index contributed by atoms with van der Waals surface area (Å²) < 4.78 is 36.9. The molecule has 8 heteroatoms. The number of aryl methyl sites for hydroxylation is 1. The molecule has 0 fully saturated rings. The molecule has 0 amide bonds. The van der Waals surface area contributed by atoms with E-state index in [0.29, 0.717) is 0 Å². The van der Waals surface area contributed by atoms with Gasteiger partial charge in [0.15, 0.2) is 0 Å². The molecule has 2 atom stereocenters. The Morgan fingerprint density at radius 3 is 1.70 bits per heavy atom. The van der Waals surface area contributed by atoms with Gasteiger partial charge in [0.2, 0.25) is 0 Å². The second kappa shape index (κ2) is 16.6. The molecule has 0 N–H and O–H groups in total. The van der Waals surface area contributed by atoms with Crippen LogP contribution in [0.5, 0.6) is 0 Å². The van der Waals surface area contributed by atoms with Crippen LogP contribution in [0.3, 0.4) is 0 Å². The van der Waals surface area contributed by atoms with Crippen molar-refractivity contribution < 1.29 is 32.7 Å². The molecule has 7 nitrogen and oxygen atoms in total. The highest BCUT2D eigenvalue weighted by Crippen LogP contribution is 2.52. The summed E-state index contributed by atoms with van der Waals surface area (Å²) in [5.41, 5.74) is 4.40. The number of benzene rings is 4. The lowest BCUT2D eigenvalue weighted by atomic mass is 10.0. The van der Waals surface area contributed by atoms with Gasteiger partial charge < -0.3 is 18.5 Å². The normalized spacial score (nSPS) is 13.0. The molecule has 2 unspecified atom stereocenters. The van der Waals surface area contributed by atoms with Gasteiger partial charge in [-0.2, -0.15) is 0 Å². The predicted octanol–water partition coefficient (Wildman–Crippen LogP) is 7.80. The third kappa shape index (κ3) is 11.3. The van der Waals surface area contributed by atoms with Crippen LogP contribution in [-0.4, -0.2) is 18.5 Å². The first-order valence-electron chi connectivity index (χ1n) is 14.3. The van der Waals surface area contributed by atoms with Gasteiger partial charge in [0.1, 0.15) is 13.2 Å². The highest BCUT2D eigenvalue weighted by molar-refractivity contribution is 7.53. The van der Waals surface area contributed by atoms with Crippen LogP contribution in [0, 0.1) is 12.8 Å². The third-order valence-corrected chi connectivity index (χ3v) is 8.55. The van der Waals surface area contributed by atoms with E-state index in [2.05, 4.69) is 0 Å². The van der Waals surface area contributed by atoms with Crippen molar-refractivity contribution in [2.24, 2.45) is 5.92 Å². The molecule has 0 radical (unpaired) electrons. The monoisotopic (exact) mass is 600 g/mol. The van der Waals surface area contributed by atoms with Gasteiger partial charge in [0.25, 0.3) is 0 Å². The van der Waals surface area contributed by atoms with Gasteiger partial charge in [-0.15, -0.1) is 0 Å². The van der Waals surface area contributed by atoms with E-state index in [-0.39, 0.29) is 45.4 Å². The number of ether oxygens (including phenoxy) is 2. The first-order chi connectivity index (χ1) is 20.9. The van der Waals surface area contributed by atoms with E-state index >= 15 is 0 Å². The Bertz CT molecular complexity index is 1460. The Morgan fingerprint density at radius 2 is 1.14 bits per heavy atom. The van der Waals surface area contributed by atoms with Crippen molar-refractivity contribution in [2.45, 2.75) is 45.7 Å². The maximum Gasteiger partial charge on any atom is 0.335 e. The molecule has 43 heavy (non-hydrogen) atoms. The Morgan fingerprint density at radius 1 is 0.628 bits per heavy atom. The molecule has 0 aliphatic heterocycles. The fourth-order valence-electron chi connectivity index (χ4n) is 4.21. The van der Waals surface area contributed by atoms with Gasteiger partial charge in [0.05, 0.1) is 25.3 Å². The molecular formula is C35H37O7P. The molecule has 0 aliphatic carbocycles. The molecule has 0 aliphatic rings. The number of rotatable bonds is 16. The van der Waals surface area contributed by atoms with Crippen molar-refractivity contribution in [2.75, 3.05) is 6.61 Å². The van der Waals surface area contributed by atoms with Gasteiger partial charge in [-0.05, 0) is 35.6 Å². The molecule has 4 aromatic rings. The lowest BCUT2D eigenvalue weighted by Gasteiger charge is -2.22. The topological polar surface area (TPSA) is 88.1 Å². The van der Waals surface area contributed by atoms with Crippen molar-refractivity contribution in [1.82, 2.24) is 0 Å². The van der Waals surface area contributed by atoms with Crippen LogP contribution in [0.2, 0.25) is 0 Å². The molecule has 224 valence electrons. The molecular weight excluding hydrogens is 563 g/mol. The zero-order valence-electron chi connectivity index (χ0n) is 24.3. The number of hydrogen-bond acceptors (Lipinski definition) is 7. The summed E-state index contributed by atoms with van der Waals surface area (Å²) in [4.78, 5) is 25.8. The highest BCUT2D eigenvalue weighted by atomic mass is 31.2. The van der Waals surface area contributed by atoms with Gasteiger partial charge in [-0.3, -0.25) is 14.2 Å². The van der Waals surface area contributed by atoms with Crippen LogP contribution in [0.4, 0.5) is 0 Å². The minimum atomic E-state index is -3.72. The van der Waals surface area contributed by atoms with E-state index in [1.165, 1.54) is 0 Å². The second-order valence-electron chi connectivity index (χ2n) is 10.3. The quantitative estimate of drug-likeness (QED) is 0.0958. The largest absolute Gasteiger partial charge is 0.461 e. The fourth-order valence-corrected chi connectivity index (χ4v) is 5.88. The highest BCUT2D eigenvalue weighted by Gasteiger charge is 2.30. The van der Waals surface area contributed by atoms with E-state index in [4.69, 9.17) is 18.5 Å². The zero-order valence-corrected chi connectivity index (χ0v) is 25.2. The lowest BCUT2D eigenvalue weighted by molar-refractivity contribution is -0.152. The Kier molecular flexibility index (Phi) is 12.3. The Labute approximate surface area is 253 Å². The van der Waals surface area contributed by atoms with Crippen LogP contribution >= 0.6 is 7.60 Å². The number of carbonyl (C=O) groups is 2. The van der Waals surface area contributed by atoms with Gasteiger partial charge in [0, 0.05) is 6.42 Å². The molecule has 4 rings (SSSR count). The molecule has 4 aromatic carbocycles. The summed E-state index contributed by atoms with van der Waals surface area (Å²) >= 11 is 0.